The van der Waals surface area contributed by atoms with Gasteiger partial charge in [-0.3, -0.25) is 4.57 Å². The summed E-state index contributed by atoms with van der Waals surface area (Å²) in [6.45, 7) is 19.0. The van der Waals surface area contributed by atoms with E-state index in [2.05, 4.69) is 209 Å². The number of fused-ring (bicyclic) bond motifs is 4. The van der Waals surface area contributed by atoms with Gasteiger partial charge in [-0.25, -0.2) is 4.98 Å². The zero-order valence-electron chi connectivity index (χ0n) is 35.6. The fourth-order valence-electron chi connectivity index (χ4n) is 9.14. The molecule has 2 aromatic heterocycles. The molecule has 6 aromatic carbocycles. The highest BCUT2D eigenvalue weighted by Crippen LogP contribution is 2.49. The van der Waals surface area contributed by atoms with E-state index >= 15 is 0 Å². The Labute approximate surface area is 349 Å². The van der Waals surface area contributed by atoms with Crippen LogP contribution in [0.4, 0.5) is 22.7 Å². The lowest BCUT2D eigenvalue weighted by molar-refractivity contribution is 0.483. The van der Waals surface area contributed by atoms with Crippen molar-refractivity contribution in [2.75, 3.05) is 16.5 Å². The molecule has 9 rings (SSSR count). The minimum atomic E-state index is 0.394. The Hall–Kier alpha value is -6.33. The summed E-state index contributed by atoms with van der Waals surface area (Å²) in [7, 11) is 0. The standard InChI is InChI=1S/C54H54N4O/c1-34(2)42-19-14-20-43(35(3)4)53(42)38-28-29-55-52(30-38)58-48-23-10-9-18-46(48)47-27-26-41(32-51(47)58)59-40-17-13-16-39(31-40)56-33-57(50-25-12-11-24-49(50)56)54-44(36(5)6)21-15-22-45(54)37(7)8/h9-32,34-37H,33H2,1-8H3. The van der Waals surface area contributed by atoms with Crippen LogP contribution in [-0.2, 0) is 0 Å². The lowest BCUT2D eigenvalue weighted by Crippen LogP contribution is -2.26. The molecule has 0 spiro atoms. The Bertz CT molecular complexity index is 2770. The van der Waals surface area contributed by atoms with E-state index in [1.165, 1.54) is 55.8 Å². The van der Waals surface area contributed by atoms with Gasteiger partial charge in [-0.15, -0.1) is 0 Å². The van der Waals surface area contributed by atoms with E-state index in [1.807, 2.05) is 6.20 Å². The Morgan fingerprint density at radius 1 is 0.492 bits per heavy atom. The third kappa shape index (κ3) is 6.82. The maximum absolute atomic E-state index is 6.78. The number of benzene rings is 6. The highest BCUT2D eigenvalue weighted by molar-refractivity contribution is 6.09. The van der Waals surface area contributed by atoms with Gasteiger partial charge in [0, 0.05) is 40.5 Å². The number of rotatable bonds is 10. The van der Waals surface area contributed by atoms with Crippen LogP contribution in [-0.4, -0.2) is 16.2 Å². The maximum atomic E-state index is 6.78. The molecule has 296 valence electrons. The minimum Gasteiger partial charge on any atom is -0.457 e. The molecule has 0 unspecified atom stereocenters. The molecule has 0 aliphatic carbocycles. The summed E-state index contributed by atoms with van der Waals surface area (Å²) in [6.07, 6.45) is 1.96. The van der Waals surface area contributed by atoms with Crippen molar-refractivity contribution in [3.05, 3.63) is 168 Å². The Morgan fingerprint density at radius 3 is 1.75 bits per heavy atom. The number of para-hydroxylation sites is 4. The van der Waals surface area contributed by atoms with Gasteiger partial charge in [-0.05, 0) is 112 Å². The predicted molar refractivity (Wildman–Crippen MR) is 249 cm³/mol. The first-order valence-corrected chi connectivity index (χ1v) is 21.3. The van der Waals surface area contributed by atoms with Crippen LogP contribution in [0.25, 0.3) is 38.8 Å². The van der Waals surface area contributed by atoms with Crippen LogP contribution in [0.2, 0.25) is 0 Å². The van der Waals surface area contributed by atoms with Crippen molar-refractivity contribution < 1.29 is 4.74 Å². The summed E-state index contributed by atoms with van der Waals surface area (Å²) in [4.78, 5) is 9.93. The van der Waals surface area contributed by atoms with Crippen molar-refractivity contribution in [2.24, 2.45) is 0 Å². The molecular weight excluding hydrogens is 721 g/mol. The van der Waals surface area contributed by atoms with Crippen LogP contribution in [0.3, 0.4) is 0 Å². The number of hydrogen-bond acceptors (Lipinski definition) is 4. The van der Waals surface area contributed by atoms with E-state index < -0.39 is 0 Å². The summed E-state index contributed by atoms with van der Waals surface area (Å²) < 4.78 is 9.07. The van der Waals surface area contributed by atoms with Gasteiger partial charge in [0.15, 0.2) is 0 Å². The van der Waals surface area contributed by atoms with Crippen LogP contribution in [0, 0.1) is 0 Å². The topological polar surface area (TPSA) is 33.5 Å². The SMILES string of the molecule is CC(C)c1cccc(C(C)C)c1-c1ccnc(-n2c3ccccc3c3ccc(Oc4cccc(N5CN(c6c(C(C)C)cccc6C(C)C)c6ccccc65)c4)cc32)c1. The summed E-state index contributed by atoms with van der Waals surface area (Å²) >= 11 is 0. The second-order valence-electron chi connectivity index (χ2n) is 17.2. The van der Waals surface area contributed by atoms with Crippen molar-refractivity contribution in [3.63, 3.8) is 0 Å². The van der Waals surface area contributed by atoms with E-state index in [0.29, 0.717) is 30.3 Å². The van der Waals surface area contributed by atoms with E-state index in [1.54, 1.807) is 0 Å². The van der Waals surface area contributed by atoms with Gasteiger partial charge in [0.1, 0.15) is 24.0 Å². The molecule has 0 saturated heterocycles. The number of pyridine rings is 1. The maximum Gasteiger partial charge on any atom is 0.138 e. The second kappa shape index (κ2) is 15.4. The van der Waals surface area contributed by atoms with Crippen molar-refractivity contribution >= 4 is 44.6 Å². The first-order chi connectivity index (χ1) is 28.6. The minimum absolute atomic E-state index is 0.394. The predicted octanol–water partition coefficient (Wildman–Crippen LogP) is 15.4. The summed E-state index contributed by atoms with van der Waals surface area (Å²) in [5, 5.41) is 2.35. The number of aromatic nitrogens is 2. The third-order valence-corrected chi connectivity index (χ3v) is 12.0. The zero-order chi connectivity index (χ0) is 40.9. The molecule has 0 fully saturated rings. The molecule has 1 aliphatic heterocycles. The third-order valence-electron chi connectivity index (χ3n) is 12.0. The van der Waals surface area contributed by atoms with Gasteiger partial charge >= 0.3 is 0 Å². The lowest BCUT2D eigenvalue weighted by Gasteiger charge is -2.29. The van der Waals surface area contributed by atoms with Crippen LogP contribution in [0.15, 0.2) is 146 Å². The summed E-state index contributed by atoms with van der Waals surface area (Å²) in [6, 6.07) is 50.3. The molecule has 5 heteroatoms. The summed E-state index contributed by atoms with van der Waals surface area (Å²) in [5.41, 5.74) is 15.0. The van der Waals surface area contributed by atoms with Crippen LogP contribution >= 0.6 is 0 Å². The first-order valence-electron chi connectivity index (χ1n) is 21.3. The number of ether oxygens (including phenoxy) is 1. The van der Waals surface area contributed by atoms with E-state index in [4.69, 9.17) is 9.72 Å². The van der Waals surface area contributed by atoms with E-state index in [9.17, 15) is 0 Å². The lowest BCUT2D eigenvalue weighted by atomic mass is 9.85. The average molecular weight is 775 g/mol. The molecule has 0 saturated carbocycles. The molecule has 0 N–H and O–H groups in total. The molecule has 3 heterocycles. The summed E-state index contributed by atoms with van der Waals surface area (Å²) in [5.74, 6) is 4.04. The highest BCUT2D eigenvalue weighted by Gasteiger charge is 2.31. The molecule has 59 heavy (non-hydrogen) atoms. The van der Waals surface area contributed by atoms with Crippen LogP contribution in [0.5, 0.6) is 11.5 Å². The highest BCUT2D eigenvalue weighted by atomic mass is 16.5. The van der Waals surface area contributed by atoms with Crippen LogP contribution in [0.1, 0.15) is 101 Å². The Balaban J connectivity index is 1.10. The van der Waals surface area contributed by atoms with Gasteiger partial charge in [0.05, 0.1) is 22.4 Å². The molecule has 0 atom stereocenters. The zero-order valence-corrected chi connectivity index (χ0v) is 35.6. The normalized spacial score (nSPS) is 12.9. The molecular formula is C54H54N4O. The molecule has 0 bridgehead atoms. The van der Waals surface area contributed by atoms with Crippen molar-refractivity contribution in [1.82, 2.24) is 9.55 Å². The van der Waals surface area contributed by atoms with Gasteiger partial charge in [-0.2, -0.15) is 0 Å². The first kappa shape index (κ1) is 38.2. The fraction of sp³-hybridized carbons (Fsp3) is 0.241. The van der Waals surface area contributed by atoms with Gasteiger partial charge in [-0.1, -0.05) is 128 Å². The van der Waals surface area contributed by atoms with Crippen molar-refractivity contribution in [1.29, 1.82) is 0 Å². The van der Waals surface area contributed by atoms with Gasteiger partial charge in [0.25, 0.3) is 0 Å². The number of hydrogen-bond donors (Lipinski definition) is 0. The van der Waals surface area contributed by atoms with Crippen molar-refractivity contribution in [3.8, 4) is 28.4 Å². The van der Waals surface area contributed by atoms with Gasteiger partial charge < -0.3 is 14.5 Å². The average Bonchev–Trinajstić information content (AvgIpc) is 3.79. The molecule has 0 amide bonds. The Morgan fingerprint density at radius 2 is 1.07 bits per heavy atom. The largest absolute Gasteiger partial charge is 0.457 e. The monoisotopic (exact) mass is 774 g/mol. The molecule has 1 aliphatic rings. The Kier molecular flexibility index (Phi) is 10.0. The van der Waals surface area contributed by atoms with Crippen LogP contribution < -0.4 is 14.5 Å². The second-order valence-corrected chi connectivity index (χ2v) is 17.2. The number of anilines is 4. The fourth-order valence-corrected chi connectivity index (χ4v) is 9.14. The number of nitrogens with zero attached hydrogens (tertiary/aromatic N) is 4. The molecule has 8 aromatic rings. The molecule has 0 radical (unpaired) electrons. The van der Waals surface area contributed by atoms with E-state index in [-0.39, 0.29) is 0 Å². The molecule has 5 nitrogen and oxygen atoms in total. The van der Waals surface area contributed by atoms with Gasteiger partial charge in [0.2, 0.25) is 0 Å². The smallest absolute Gasteiger partial charge is 0.138 e. The van der Waals surface area contributed by atoms with Crippen molar-refractivity contribution in [2.45, 2.75) is 79.1 Å². The van der Waals surface area contributed by atoms with E-state index in [0.717, 1.165) is 39.4 Å². The quantitative estimate of drug-likeness (QED) is 0.139.